The lowest BCUT2D eigenvalue weighted by molar-refractivity contribution is -0.121. The Morgan fingerprint density at radius 1 is 0.868 bits per heavy atom. The van der Waals surface area contributed by atoms with E-state index < -0.39 is 41.2 Å². The molecule has 0 bridgehead atoms. The first-order chi connectivity index (χ1) is 25.6. The Bertz CT molecular complexity index is 2230. The fourth-order valence-electron chi connectivity index (χ4n) is 5.72. The van der Waals surface area contributed by atoms with Crippen LogP contribution in [0.3, 0.4) is 0 Å². The summed E-state index contributed by atoms with van der Waals surface area (Å²) in [6, 6.07) is 27.3. The second-order valence-electron chi connectivity index (χ2n) is 11.6. The minimum Gasteiger partial charge on any atom is -0.493 e. The summed E-state index contributed by atoms with van der Waals surface area (Å²) in [5.74, 6) is -1.67. The molecular weight excluding hydrogens is 702 g/mol. The highest BCUT2D eigenvalue weighted by atomic mass is 32.2. The Kier molecular flexibility index (Phi) is 10.8. The van der Waals surface area contributed by atoms with Crippen LogP contribution in [-0.4, -0.2) is 61.7 Å². The molecule has 0 N–H and O–H groups in total. The van der Waals surface area contributed by atoms with Gasteiger partial charge in [0, 0.05) is 23.1 Å². The van der Waals surface area contributed by atoms with Crippen molar-refractivity contribution in [2.45, 2.75) is 16.7 Å². The van der Waals surface area contributed by atoms with E-state index in [1.807, 2.05) is 30.3 Å². The number of nitriles is 1. The van der Waals surface area contributed by atoms with Gasteiger partial charge < -0.3 is 18.9 Å². The number of amides is 2. The lowest BCUT2D eigenvalue weighted by Gasteiger charge is -2.18. The number of Topliss-reactive ketones (excluding diaryl/α,β-unsaturated/α-hetero) is 1. The van der Waals surface area contributed by atoms with E-state index in [9.17, 15) is 28.8 Å². The maximum atomic E-state index is 13.8. The zero-order valence-electron chi connectivity index (χ0n) is 28.6. The summed E-state index contributed by atoms with van der Waals surface area (Å²) in [4.78, 5) is 57.9. The molecule has 1 fully saturated rings. The second kappa shape index (κ2) is 15.8. The van der Waals surface area contributed by atoms with E-state index >= 15 is 0 Å². The summed E-state index contributed by atoms with van der Waals surface area (Å²) < 4.78 is 34.9. The van der Waals surface area contributed by atoms with Crippen LogP contribution in [0.1, 0.15) is 32.7 Å². The van der Waals surface area contributed by atoms with E-state index in [-0.39, 0.29) is 33.8 Å². The molecule has 53 heavy (non-hydrogen) atoms. The number of imide groups is 1. The van der Waals surface area contributed by atoms with Crippen LogP contribution in [0.2, 0.25) is 0 Å². The first-order valence-corrected chi connectivity index (χ1v) is 16.9. The van der Waals surface area contributed by atoms with Crippen LogP contribution in [0.5, 0.6) is 17.2 Å². The maximum absolute atomic E-state index is 13.8. The van der Waals surface area contributed by atoms with Crippen LogP contribution < -0.4 is 19.1 Å². The van der Waals surface area contributed by atoms with Crippen LogP contribution >= 0.6 is 11.8 Å². The van der Waals surface area contributed by atoms with Crippen LogP contribution in [0, 0.1) is 17.1 Å². The van der Waals surface area contributed by atoms with Gasteiger partial charge in [0.15, 0.2) is 23.9 Å². The third-order valence-corrected chi connectivity index (χ3v) is 9.54. The Morgan fingerprint density at radius 2 is 1.51 bits per heavy atom. The standard InChI is InChI=1S/C40H30FN3O8S/c1-49-33-17-26(18-34(50-2)37(33)51-3)29-19-31(23-7-5-4-6-8-23)43-38(30(29)21-42)53-35-20-36(46)44(39(35)47)28-15-11-25(12-16-28)40(48)52-22-32(45)24-9-13-27(41)14-10-24/h4-19,35H,20,22H2,1-3H3. The number of aromatic nitrogens is 1. The fourth-order valence-corrected chi connectivity index (χ4v) is 6.84. The summed E-state index contributed by atoms with van der Waals surface area (Å²) in [6.45, 7) is -0.556. The van der Waals surface area contributed by atoms with Gasteiger partial charge in [-0.05, 0) is 72.3 Å². The third-order valence-electron chi connectivity index (χ3n) is 8.36. The summed E-state index contributed by atoms with van der Waals surface area (Å²) in [5, 5.41) is 9.82. The molecule has 0 spiro atoms. The van der Waals surface area contributed by atoms with Gasteiger partial charge in [0.05, 0.1) is 49.1 Å². The predicted octanol–water partition coefficient (Wildman–Crippen LogP) is 6.92. The van der Waals surface area contributed by atoms with E-state index in [0.29, 0.717) is 34.1 Å². The molecule has 1 aromatic heterocycles. The molecule has 6 rings (SSSR count). The Hall–Kier alpha value is -6.52. The number of anilines is 1. The Balaban J connectivity index is 1.26. The van der Waals surface area contributed by atoms with Gasteiger partial charge in [-0.15, -0.1) is 0 Å². The number of benzene rings is 4. The van der Waals surface area contributed by atoms with Gasteiger partial charge in [0.1, 0.15) is 16.9 Å². The average molecular weight is 732 g/mol. The number of halogens is 1. The molecule has 5 aromatic rings. The zero-order chi connectivity index (χ0) is 37.6. The molecule has 13 heteroatoms. The van der Waals surface area contributed by atoms with E-state index in [2.05, 4.69) is 6.07 Å². The quantitative estimate of drug-likeness (QED) is 0.0749. The van der Waals surface area contributed by atoms with Crippen LogP contribution in [0.15, 0.2) is 102 Å². The van der Waals surface area contributed by atoms with Crippen molar-refractivity contribution in [2.75, 3.05) is 32.8 Å². The first-order valence-electron chi connectivity index (χ1n) is 16.1. The van der Waals surface area contributed by atoms with Crippen molar-refractivity contribution < 1.29 is 42.5 Å². The van der Waals surface area contributed by atoms with E-state index in [1.54, 1.807) is 18.2 Å². The van der Waals surface area contributed by atoms with E-state index in [1.165, 1.54) is 57.7 Å². The minimum absolute atomic E-state index is 0.0885. The smallest absolute Gasteiger partial charge is 0.338 e. The molecule has 0 aliphatic carbocycles. The Morgan fingerprint density at radius 3 is 2.11 bits per heavy atom. The first kappa shape index (κ1) is 36.3. The van der Waals surface area contributed by atoms with Gasteiger partial charge in [0.2, 0.25) is 17.6 Å². The number of nitrogens with zero attached hydrogens (tertiary/aromatic N) is 3. The summed E-state index contributed by atoms with van der Waals surface area (Å²) in [6.07, 6.45) is -0.166. The maximum Gasteiger partial charge on any atom is 0.338 e. The average Bonchev–Trinajstić information content (AvgIpc) is 3.47. The molecule has 2 heterocycles. The highest BCUT2D eigenvalue weighted by molar-refractivity contribution is 8.00. The van der Waals surface area contributed by atoms with Gasteiger partial charge in [-0.1, -0.05) is 42.1 Å². The number of thioether (sulfide) groups is 1. The number of methoxy groups -OCH3 is 3. The van der Waals surface area contributed by atoms with Gasteiger partial charge in [-0.3, -0.25) is 14.4 Å². The molecule has 266 valence electrons. The topological polar surface area (TPSA) is 145 Å². The lowest BCUT2D eigenvalue weighted by atomic mass is 9.98. The monoisotopic (exact) mass is 731 g/mol. The highest BCUT2D eigenvalue weighted by Gasteiger charge is 2.41. The SMILES string of the molecule is COc1cc(-c2cc(-c3ccccc3)nc(SC3CC(=O)N(c4ccc(C(=O)OCC(=O)c5ccc(F)cc5)cc4)C3=O)c2C#N)cc(OC)c1OC. The number of ketones is 1. The largest absolute Gasteiger partial charge is 0.493 e. The van der Waals surface area contributed by atoms with Crippen molar-refractivity contribution in [3.63, 3.8) is 0 Å². The Labute approximate surface area is 307 Å². The molecule has 1 unspecified atom stereocenters. The van der Waals surface area contributed by atoms with E-state index in [4.69, 9.17) is 23.9 Å². The molecule has 2 amide bonds. The van der Waals surface area contributed by atoms with Crippen LogP contribution in [0.25, 0.3) is 22.4 Å². The second-order valence-corrected chi connectivity index (χ2v) is 12.7. The molecule has 1 saturated heterocycles. The molecule has 0 radical (unpaired) electrons. The lowest BCUT2D eigenvalue weighted by Crippen LogP contribution is -2.31. The van der Waals surface area contributed by atoms with Crippen LogP contribution in [-0.2, 0) is 14.3 Å². The predicted molar refractivity (Wildman–Crippen MR) is 194 cm³/mol. The highest BCUT2D eigenvalue weighted by Crippen LogP contribution is 2.44. The fraction of sp³-hybridized carbons (Fsp3) is 0.150. The number of hydrogen-bond acceptors (Lipinski definition) is 11. The van der Waals surface area contributed by atoms with Crippen LogP contribution in [0.4, 0.5) is 10.1 Å². The third kappa shape index (κ3) is 7.58. The summed E-state index contributed by atoms with van der Waals surface area (Å²) >= 11 is 1.01. The van der Waals surface area contributed by atoms with Gasteiger partial charge in [-0.25, -0.2) is 19.1 Å². The summed E-state index contributed by atoms with van der Waals surface area (Å²) in [7, 11) is 4.47. The van der Waals surface area contributed by atoms with Crippen molar-refractivity contribution >= 4 is 41.0 Å². The number of rotatable bonds is 12. The summed E-state index contributed by atoms with van der Waals surface area (Å²) in [5.41, 5.74) is 3.06. The number of carbonyl (C=O) groups is 4. The molecular formula is C40H30FN3O8S. The van der Waals surface area contributed by atoms with Crippen molar-refractivity contribution in [3.05, 3.63) is 120 Å². The number of ether oxygens (including phenoxy) is 4. The zero-order valence-corrected chi connectivity index (χ0v) is 29.4. The van der Waals surface area contributed by atoms with Crippen molar-refractivity contribution in [3.8, 4) is 45.7 Å². The van der Waals surface area contributed by atoms with Gasteiger partial charge in [0.25, 0.3) is 0 Å². The van der Waals surface area contributed by atoms with Gasteiger partial charge >= 0.3 is 5.97 Å². The van der Waals surface area contributed by atoms with Crippen molar-refractivity contribution in [1.29, 1.82) is 5.26 Å². The molecule has 1 aliphatic rings. The molecule has 4 aromatic carbocycles. The minimum atomic E-state index is -0.914. The normalized spacial score (nSPS) is 13.7. The van der Waals surface area contributed by atoms with E-state index in [0.717, 1.165) is 34.4 Å². The van der Waals surface area contributed by atoms with Crippen molar-refractivity contribution in [2.24, 2.45) is 0 Å². The molecule has 11 nitrogen and oxygen atoms in total. The van der Waals surface area contributed by atoms with Crippen molar-refractivity contribution in [1.82, 2.24) is 4.98 Å². The molecule has 1 aliphatic heterocycles. The van der Waals surface area contributed by atoms with Gasteiger partial charge in [-0.2, -0.15) is 5.26 Å². The number of hydrogen-bond donors (Lipinski definition) is 0. The molecule has 0 saturated carbocycles. The number of esters is 1. The number of pyridine rings is 1. The molecule has 1 atom stereocenters. The number of carbonyl (C=O) groups excluding carboxylic acids is 4.